The number of carbonyl (C=O) groups is 1. The molecule has 0 N–H and O–H groups in total. The molecule has 4 heteroatoms. The van der Waals surface area contributed by atoms with Crippen molar-refractivity contribution in [3.8, 4) is 5.75 Å². The van der Waals surface area contributed by atoms with Crippen LogP contribution in [0.25, 0.3) is 0 Å². The average Bonchev–Trinajstić information content (AvgIpc) is 3.13. The normalized spacial score (nSPS) is 17.8. The maximum Gasteiger partial charge on any atom is 0.255 e. The molecule has 1 aliphatic rings. The van der Waals surface area contributed by atoms with Crippen molar-refractivity contribution in [2.45, 2.75) is 32.7 Å². The molecule has 0 radical (unpaired) electrons. The van der Waals surface area contributed by atoms with E-state index in [1.807, 2.05) is 36.1 Å². The van der Waals surface area contributed by atoms with Gasteiger partial charge in [0, 0.05) is 16.3 Å². The van der Waals surface area contributed by atoms with E-state index < -0.39 is 0 Å². The summed E-state index contributed by atoms with van der Waals surface area (Å²) >= 11 is 1.69. The van der Waals surface area contributed by atoms with Crippen molar-refractivity contribution in [1.29, 1.82) is 0 Å². The lowest BCUT2D eigenvalue weighted by atomic mass is 10.0. The topological polar surface area (TPSA) is 29.5 Å². The maximum atomic E-state index is 12.9. The third-order valence-electron chi connectivity index (χ3n) is 4.26. The van der Waals surface area contributed by atoms with Crippen LogP contribution in [0.1, 0.15) is 44.6 Å². The molecule has 1 fully saturated rings. The van der Waals surface area contributed by atoms with Gasteiger partial charge in [-0.25, -0.2) is 0 Å². The monoisotopic (exact) mass is 315 g/mol. The highest BCUT2D eigenvalue weighted by molar-refractivity contribution is 7.12. The predicted octanol–water partition coefficient (Wildman–Crippen LogP) is 4.35. The Morgan fingerprint density at radius 1 is 1.32 bits per heavy atom. The molecule has 3 nitrogen and oxygen atoms in total. The van der Waals surface area contributed by atoms with E-state index in [0.29, 0.717) is 0 Å². The summed E-state index contributed by atoms with van der Waals surface area (Å²) in [5.74, 6) is 1.01. The van der Waals surface area contributed by atoms with Crippen LogP contribution < -0.4 is 4.74 Å². The van der Waals surface area contributed by atoms with Gasteiger partial charge < -0.3 is 9.64 Å². The minimum Gasteiger partial charge on any atom is -0.497 e. The highest BCUT2D eigenvalue weighted by atomic mass is 32.1. The van der Waals surface area contributed by atoms with Crippen LogP contribution in [0, 0.1) is 13.8 Å². The molecule has 3 rings (SSSR count). The Hall–Kier alpha value is -1.81. The number of amides is 1. The molecule has 116 valence electrons. The highest BCUT2D eigenvalue weighted by Crippen LogP contribution is 2.35. The molecule has 0 aliphatic carbocycles. The number of methoxy groups -OCH3 is 1. The molecule has 1 aromatic heterocycles. The summed E-state index contributed by atoms with van der Waals surface area (Å²) < 4.78 is 5.32. The van der Waals surface area contributed by atoms with Crippen molar-refractivity contribution < 1.29 is 9.53 Å². The first-order chi connectivity index (χ1) is 10.6. The van der Waals surface area contributed by atoms with Crippen LogP contribution in [0.2, 0.25) is 0 Å². The predicted molar refractivity (Wildman–Crippen MR) is 89.8 cm³/mol. The first-order valence-corrected chi connectivity index (χ1v) is 8.43. The Morgan fingerprint density at radius 3 is 2.82 bits per heavy atom. The van der Waals surface area contributed by atoms with E-state index in [-0.39, 0.29) is 11.9 Å². The standard InChI is InChI=1S/C18H21NO2S/c1-12-10-16(13(2)22-12)18(20)19-9-5-8-17(19)14-6-4-7-15(11-14)21-3/h4,6-7,10-11,17H,5,8-9H2,1-3H3. The Morgan fingerprint density at radius 2 is 2.14 bits per heavy atom. The third kappa shape index (κ3) is 2.75. The lowest BCUT2D eigenvalue weighted by molar-refractivity contribution is 0.0735. The van der Waals surface area contributed by atoms with Gasteiger partial charge in [0.1, 0.15) is 5.75 Å². The van der Waals surface area contributed by atoms with E-state index in [4.69, 9.17) is 4.74 Å². The molecule has 1 amide bonds. The van der Waals surface area contributed by atoms with Crippen molar-refractivity contribution in [1.82, 2.24) is 4.90 Å². The van der Waals surface area contributed by atoms with Crippen molar-refractivity contribution in [3.63, 3.8) is 0 Å². The van der Waals surface area contributed by atoms with Crippen molar-refractivity contribution >= 4 is 17.2 Å². The maximum absolute atomic E-state index is 12.9. The zero-order chi connectivity index (χ0) is 15.7. The zero-order valence-corrected chi connectivity index (χ0v) is 14.1. The van der Waals surface area contributed by atoms with Crippen LogP contribution in [-0.4, -0.2) is 24.5 Å². The van der Waals surface area contributed by atoms with E-state index in [1.165, 1.54) is 4.88 Å². The molecule has 1 aliphatic heterocycles. The number of likely N-dealkylation sites (tertiary alicyclic amines) is 1. The van der Waals surface area contributed by atoms with E-state index in [0.717, 1.165) is 41.1 Å². The highest BCUT2D eigenvalue weighted by Gasteiger charge is 2.31. The molecular formula is C18H21NO2S. The number of rotatable bonds is 3. The molecule has 1 saturated heterocycles. The SMILES string of the molecule is COc1cccc(C2CCCN2C(=O)c2cc(C)sc2C)c1. The van der Waals surface area contributed by atoms with Gasteiger partial charge in [0.15, 0.2) is 0 Å². The van der Waals surface area contributed by atoms with Gasteiger partial charge >= 0.3 is 0 Å². The molecule has 22 heavy (non-hydrogen) atoms. The number of carbonyl (C=O) groups excluding carboxylic acids is 1. The summed E-state index contributed by atoms with van der Waals surface area (Å²) in [4.78, 5) is 17.2. The summed E-state index contributed by atoms with van der Waals surface area (Å²) in [7, 11) is 1.67. The van der Waals surface area contributed by atoms with E-state index in [2.05, 4.69) is 13.0 Å². The smallest absolute Gasteiger partial charge is 0.255 e. The fourth-order valence-corrected chi connectivity index (χ4v) is 4.12. The molecule has 1 aromatic carbocycles. The van der Waals surface area contributed by atoms with Gasteiger partial charge in [0.25, 0.3) is 5.91 Å². The Bertz CT molecular complexity index is 692. The second kappa shape index (κ2) is 6.13. The number of aryl methyl sites for hydroxylation is 2. The number of hydrogen-bond donors (Lipinski definition) is 0. The fraction of sp³-hybridized carbons (Fsp3) is 0.389. The molecule has 0 spiro atoms. The minimum atomic E-state index is 0.155. The van der Waals surface area contributed by atoms with Gasteiger partial charge in [-0.2, -0.15) is 0 Å². The van der Waals surface area contributed by atoms with Gasteiger partial charge in [-0.05, 0) is 50.5 Å². The summed E-state index contributed by atoms with van der Waals surface area (Å²) in [6, 6.07) is 10.2. The molecule has 2 heterocycles. The van der Waals surface area contributed by atoms with Gasteiger partial charge in [-0.3, -0.25) is 4.79 Å². The molecule has 0 bridgehead atoms. The molecule has 1 unspecified atom stereocenters. The lowest BCUT2D eigenvalue weighted by Crippen LogP contribution is -2.30. The van der Waals surface area contributed by atoms with Gasteiger partial charge in [-0.1, -0.05) is 12.1 Å². The minimum absolute atomic E-state index is 0.155. The Kier molecular flexibility index (Phi) is 4.21. The Labute approximate surface area is 135 Å². The zero-order valence-electron chi connectivity index (χ0n) is 13.3. The van der Waals surface area contributed by atoms with Gasteiger partial charge in [-0.15, -0.1) is 11.3 Å². The molecular weight excluding hydrogens is 294 g/mol. The quantitative estimate of drug-likeness (QED) is 0.842. The number of nitrogens with zero attached hydrogens (tertiary/aromatic N) is 1. The average molecular weight is 315 g/mol. The largest absolute Gasteiger partial charge is 0.497 e. The van der Waals surface area contributed by atoms with Gasteiger partial charge in [0.05, 0.1) is 18.7 Å². The van der Waals surface area contributed by atoms with Crippen LogP contribution in [0.4, 0.5) is 0 Å². The first kappa shape index (κ1) is 15.1. The molecule has 0 saturated carbocycles. The van der Waals surface area contributed by atoms with E-state index >= 15 is 0 Å². The van der Waals surface area contributed by atoms with Crippen molar-refractivity contribution in [2.75, 3.05) is 13.7 Å². The summed E-state index contributed by atoms with van der Waals surface area (Å²) in [6.07, 6.45) is 2.07. The van der Waals surface area contributed by atoms with E-state index in [9.17, 15) is 4.79 Å². The van der Waals surface area contributed by atoms with Crippen molar-refractivity contribution in [3.05, 3.63) is 51.2 Å². The third-order valence-corrected chi connectivity index (χ3v) is 5.23. The Balaban J connectivity index is 1.89. The summed E-state index contributed by atoms with van der Waals surface area (Å²) in [5, 5.41) is 0. The number of thiophene rings is 1. The first-order valence-electron chi connectivity index (χ1n) is 7.62. The summed E-state index contributed by atoms with van der Waals surface area (Å²) in [6.45, 7) is 4.91. The second-order valence-corrected chi connectivity index (χ2v) is 7.22. The van der Waals surface area contributed by atoms with E-state index in [1.54, 1.807) is 18.4 Å². The van der Waals surface area contributed by atoms with Crippen LogP contribution in [-0.2, 0) is 0 Å². The van der Waals surface area contributed by atoms with Crippen LogP contribution in [0.15, 0.2) is 30.3 Å². The van der Waals surface area contributed by atoms with Crippen LogP contribution >= 0.6 is 11.3 Å². The summed E-state index contributed by atoms with van der Waals surface area (Å²) in [5.41, 5.74) is 2.02. The number of ether oxygens (including phenoxy) is 1. The van der Waals surface area contributed by atoms with Crippen molar-refractivity contribution in [2.24, 2.45) is 0 Å². The number of hydrogen-bond acceptors (Lipinski definition) is 3. The molecule has 2 aromatic rings. The van der Waals surface area contributed by atoms with Crippen LogP contribution in [0.5, 0.6) is 5.75 Å². The van der Waals surface area contributed by atoms with Gasteiger partial charge in [0.2, 0.25) is 0 Å². The fourth-order valence-electron chi connectivity index (χ4n) is 3.20. The second-order valence-electron chi connectivity index (χ2n) is 5.76. The lowest BCUT2D eigenvalue weighted by Gasteiger charge is -2.25. The number of benzene rings is 1. The molecule has 1 atom stereocenters. The van der Waals surface area contributed by atoms with Crippen LogP contribution in [0.3, 0.4) is 0 Å².